The summed E-state index contributed by atoms with van der Waals surface area (Å²) in [6, 6.07) is 0. The van der Waals surface area contributed by atoms with E-state index in [0.717, 1.165) is 63.4 Å². The topological polar surface area (TPSA) is 102 Å². The highest BCUT2D eigenvalue weighted by molar-refractivity contribution is 5.85. The largest absolute Gasteiger partial charge is 0.738 e. The van der Waals surface area contributed by atoms with Crippen molar-refractivity contribution in [2.24, 2.45) is 34.5 Å². The van der Waals surface area contributed by atoms with E-state index >= 15 is 0 Å². The lowest BCUT2D eigenvalue weighted by atomic mass is 9.43. The third kappa shape index (κ3) is 2.85. The maximum absolute atomic E-state index is 12.2. The van der Waals surface area contributed by atoms with Crippen LogP contribution in [0.15, 0.2) is 11.6 Å². The van der Waals surface area contributed by atoms with Crippen LogP contribution in [0.25, 0.3) is 0 Å². The fourth-order valence-corrected chi connectivity index (χ4v) is 8.59. The van der Waals surface area contributed by atoms with Gasteiger partial charge in [0.05, 0.1) is 11.7 Å². The first-order valence-corrected chi connectivity index (χ1v) is 11.6. The minimum atomic E-state index is -0.703. The van der Waals surface area contributed by atoms with E-state index in [0.29, 0.717) is 18.4 Å². The molecule has 4 aliphatic carbocycles. The number of cyclic esters (lactones) is 1. The highest BCUT2D eigenvalue weighted by Gasteiger charge is 2.67. The van der Waals surface area contributed by atoms with Gasteiger partial charge in [0.15, 0.2) is 0 Å². The zero-order chi connectivity index (χ0) is 21.3. The van der Waals surface area contributed by atoms with Gasteiger partial charge >= 0.3 is 5.97 Å². The molecule has 1 aliphatic heterocycles. The highest BCUT2D eigenvalue weighted by Crippen LogP contribution is 2.70. The second kappa shape index (κ2) is 7.01. The second-order valence-electron chi connectivity index (χ2n) is 11.0. The van der Waals surface area contributed by atoms with Crippen LogP contribution < -0.4 is 0 Å². The number of hydrogen-bond acceptors (Lipinski definition) is 7. The molecular weight excluding hydrogens is 386 g/mol. The number of carbonyl (C=O) groups is 1. The summed E-state index contributed by atoms with van der Waals surface area (Å²) in [4.78, 5) is 16.7. The molecule has 5 aliphatic rings. The fourth-order valence-electron chi connectivity index (χ4n) is 8.59. The first kappa shape index (κ1) is 20.9. The van der Waals surface area contributed by atoms with Crippen LogP contribution in [0.1, 0.15) is 71.6 Å². The SMILES string of the molecule is CC12CCC(ON([O-])O)CC1CCC1C2CCC2(C)C(C3=CC(=O)OC3)CCC12O. The monoisotopic (exact) mass is 420 g/mol. The average Bonchev–Trinajstić information content (AvgIpc) is 3.22. The molecule has 0 radical (unpaired) electrons. The summed E-state index contributed by atoms with van der Waals surface area (Å²) in [5.41, 5.74) is 0.288. The fraction of sp³-hybridized carbons (Fsp3) is 0.870. The van der Waals surface area contributed by atoms with Gasteiger partial charge in [-0.1, -0.05) is 13.8 Å². The van der Waals surface area contributed by atoms with Gasteiger partial charge in [-0.15, -0.1) is 5.39 Å². The number of fused-ring (bicyclic) bond motifs is 5. The average molecular weight is 421 g/mol. The smallest absolute Gasteiger partial charge is 0.331 e. The lowest BCUT2D eigenvalue weighted by molar-refractivity contribution is -0.338. The van der Waals surface area contributed by atoms with Gasteiger partial charge in [0, 0.05) is 11.5 Å². The van der Waals surface area contributed by atoms with Crippen molar-refractivity contribution in [3.05, 3.63) is 16.9 Å². The Kier molecular flexibility index (Phi) is 4.88. The molecule has 0 saturated heterocycles. The van der Waals surface area contributed by atoms with E-state index in [4.69, 9.17) is 14.8 Å². The van der Waals surface area contributed by atoms with Crippen LogP contribution in [-0.2, 0) is 14.4 Å². The van der Waals surface area contributed by atoms with Crippen LogP contribution in [0.5, 0.6) is 0 Å². The molecule has 0 spiro atoms. The zero-order valence-electron chi connectivity index (χ0n) is 18.0. The van der Waals surface area contributed by atoms with Gasteiger partial charge in [-0.2, -0.15) is 0 Å². The van der Waals surface area contributed by atoms with E-state index in [1.807, 2.05) is 0 Å². The standard InChI is InChI=1S/C23H34NO6/c1-21-8-5-16(30-24(27)28)12-15(21)3-4-19-18(21)6-9-22(2)17(7-10-23(19,22)26)14-11-20(25)29-13-14/h11,15-19,26-27H,3-10,12-13H2,1-2H3/q-1. The van der Waals surface area contributed by atoms with Crippen molar-refractivity contribution in [1.29, 1.82) is 0 Å². The number of esters is 1. The van der Waals surface area contributed by atoms with E-state index in [2.05, 4.69) is 13.8 Å². The molecule has 4 fully saturated rings. The molecule has 1 heterocycles. The van der Waals surface area contributed by atoms with Gasteiger partial charge in [-0.3, -0.25) is 4.84 Å². The van der Waals surface area contributed by atoms with E-state index in [1.54, 1.807) is 6.08 Å². The number of aliphatic hydroxyl groups is 1. The highest BCUT2D eigenvalue weighted by atomic mass is 17.1. The molecule has 30 heavy (non-hydrogen) atoms. The molecule has 2 N–H and O–H groups in total. The lowest BCUT2D eigenvalue weighted by Gasteiger charge is -2.63. The van der Waals surface area contributed by atoms with Crippen LogP contribution in [0.3, 0.4) is 0 Å². The van der Waals surface area contributed by atoms with Crippen LogP contribution in [0, 0.1) is 39.7 Å². The molecule has 7 nitrogen and oxygen atoms in total. The van der Waals surface area contributed by atoms with Crippen molar-refractivity contribution in [2.45, 2.75) is 83.3 Å². The summed E-state index contributed by atoms with van der Waals surface area (Å²) in [6.07, 6.45) is 9.75. The lowest BCUT2D eigenvalue weighted by Crippen LogP contribution is -2.62. The van der Waals surface area contributed by atoms with Crippen molar-refractivity contribution < 1.29 is 24.7 Å². The van der Waals surface area contributed by atoms with Crippen LogP contribution >= 0.6 is 0 Å². The molecule has 8 unspecified atom stereocenters. The van der Waals surface area contributed by atoms with Crippen LogP contribution in [0.2, 0.25) is 0 Å². The maximum atomic E-state index is 12.2. The predicted octanol–water partition coefficient (Wildman–Crippen LogP) is 3.73. The Morgan fingerprint density at radius 3 is 2.63 bits per heavy atom. The summed E-state index contributed by atoms with van der Waals surface area (Å²) >= 11 is 0. The molecule has 168 valence electrons. The third-order valence-electron chi connectivity index (χ3n) is 10.2. The first-order valence-electron chi connectivity index (χ1n) is 11.6. The third-order valence-corrected chi connectivity index (χ3v) is 10.2. The Morgan fingerprint density at radius 2 is 1.93 bits per heavy atom. The van der Waals surface area contributed by atoms with Crippen molar-refractivity contribution in [2.75, 3.05) is 6.61 Å². The summed E-state index contributed by atoms with van der Waals surface area (Å²) in [5, 5.41) is 31.7. The summed E-state index contributed by atoms with van der Waals surface area (Å²) in [6.45, 7) is 5.00. The Morgan fingerprint density at radius 1 is 1.13 bits per heavy atom. The van der Waals surface area contributed by atoms with Gasteiger partial charge in [-0.05, 0) is 92.4 Å². The van der Waals surface area contributed by atoms with Crippen molar-refractivity contribution >= 4 is 5.97 Å². The minimum Gasteiger partial charge on any atom is -0.738 e. The molecule has 8 atom stereocenters. The molecular formula is C23H34NO6-. The van der Waals surface area contributed by atoms with Gasteiger partial charge in [-0.25, -0.2) is 4.79 Å². The number of hydrogen-bond donors (Lipinski definition) is 2. The minimum absolute atomic E-state index is 0.132. The summed E-state index contributed by atoms with van der Waals surface area (Å²) in [7, 11) is 0. The second-order valence-corrected chi connectivity index (χ2v) is 11.0. The quantitative estimate of drug-likeness (QED) is 0.530. The summed E-state index contributed by atoms with van der Waals surface area (Å²) < 4.78 is 5.20. The van der Waals surface area contributed by atoms with Gasteiger partial charge in [0.2, 0.25) is 0 Å². The Balaban J connectivity index is 1.39. The predicted molar refractivity (Wildman–Crippen MR) is 108 cm³/mol. The number of nitrogens with zero attached hydrogens (tertiary/aromatic N) is 1. The molecule has 4 saturated carbocycles. The number of rotatable bonds is 3. The van der Waals surface area contributed by atoms with Crippen molar-refractivity contribution in [1.82, 2.24) is 5.39 Å². The Hall–Kier alpha value is -0.990. The molecule has 0 aromatic rings. The van der Waals surface area contributed by atoms with E-state index < -0.39 is 11.0 Å². The van der Waals surface area contributed by atoms with Crippen molar-refractivity contribution in [3.8, 4) is 0 Å². The molecule has 0 amide bonds. The van der Waals surface area contributed by atoms with E-state index in [-0.39, 0.29) is 34.7 Å². The molecule has 0 aromatic carbocycles. The normalized spacial score (nSPS) is 50.5. The van der Waals surface area contributed by atoms with Crippen LogP contribution in [0.4, 0.5) is 0 Å². The van der Waals surface area contributed by atoms with Crippen LogP contribution in [-0.4, -0.2) is 40.0 Å². The van der Waals surface area contributed by atoms with E-state index in [1.165, 1.54) is 0 Å². The molecule has 0 bridgehead atoms. The zero-order valence-corrected chi connectivity index (χ0v) is 18.0. The number of carbonyl (C=O) groups excluding carboxylic acids is 1. The molecule has 7 heteroatoms. The van der Waals surface area contributed by atoms with Gasteiger partial charge in [0.1, 0.15) is 6.61 Å². The molecule has 5 rings (SSSR count). The summed E-state index contributed by atoms with van der Waals surface area (Å²) in [5.74, 6) is 1.15. The van der Waals surface area contributed by atoms with E-state index in [9.17, 15) is 15.1 Å². The van der Waals surface area contributed by atoms with Gasteiger partial charge < -0.3 is 20.3 Å². The Bertz CT molecular complexity index is 754. The number of ether oxygens (including phenoxy) is 1. The molecule has 0 aromatic heterocycles. The Labute approximate surface area is 177 Å². The first-order chi connectivity index (χ1) is 14.2. The van der Waals surface area contributed by atoms with Crippen molar-refractivity contribution in [3.63, 3.8) is 0 Å². The maximum Gasteiger partial charge on any atom is 0.331 e. The van der Waals surface area contributed by atoms with Gasteiger partial charge in [0.25, 0.3) is 0 Å².